The number of aryl methyl sites for hydroxylation is 1. The Morgan fingerprint density at radius 1 is 1.71 bits per heavy atom. The molecule has 0 amide bonds. The molecule has 0 spiro atoms. The van der Waals surface area contributed by atoms with Crippen LogP contribution < -0.4 is 5.32 Å². The molecule has 1 heterocycles. The van der Waals surface area contributed by atoms with Crippen LogP contribution in [0.15, 0.2) is 29.4 Å². The first-order chi connectivity index (χ1) is 6.63. The fourth-order valence-corrected chi connectivity index (χ4v) is 1.76. The van der Waals surface area contributed by atoms with Gasteiger partial charge in [-0.2, -0.15) is 0 Å². The van der Waals surface area contributed by atoms with Crippen molar-refractivity contribution in [2.24, 2.45) is 0 Å². The van der Waals surface area contributed by atoms with Gasteiger partial charge in [-0.15, -0.1) is 6.58 Å². The predicted octanol–water partition coefficient (Wildman–Crippen LogP) is 3.53. The summed E-state index contributed by atoms with van der Waals surface area (Å²) in [5.41, 5.74) is 1.15. The van der Waals surface area contributed by atoms with E-state index in [0.29, 0.717) is 6.04 Å². The van der Waals surface area contributed by atoms with Crippen molar-refractivity contribution in [1.82, 2.24) is 4.98 Å². The Bertz CT molecular complexity index is 323. The Labute approximate surface area is 93.6 Å². The molecule has 1 aromatic rings. The van der Waals surface area contributed by atoms with Crippen molar-refractivity contribution in [3.8, 4) is 0 Å². The van der Waals surface area contributed by atoms with Crippen molar-refractivity contribution < 1.29 is 0 Å². The minimum atomic E-state index is 0.360. The number of hydrogen-bond acceptors (Lipinski definition) is 2. The van der Waals surface area contributed by atoms with Gasteiger partial charge in [0, 0.05) is 12.2 Å². The van der Waals surface area contributed by atoms with E-state index >= 15 is 0 Å². The van der Waals surface area contributed by atoms with Crippen molar-refractivity contribution in [3.05, 3.63) is 35.0 Å². The van der Waals surface area contributed by atoms with Crippen molar-refractivity contribution in [3.63, 3.8) is 0 Å². The first kappa shape index (κ1) is 11.2. The summed E-state index contributed by atoms with van der Waals surface area (Å²) < 4.78 is 1.01. The minimum absolute atomic E-state index is 0.360. The van der Waals surface area contributed by atoms with E-state index in [0.717, 1.165) is 22.3 Å². The van der Waals surface area contributed by atoms with Gasteiger partial charge >= 0.3 is 0 Å². The van der Waals surface area contributed by atoms with Crippen LogP contribution in [0.1, 0.15) is 18.9 Å². The third-order valence-corrected chi connectivity index (χ3v) is 2.49. The lowest BCUT2D eigenvalue weighted by atomic mass is 10.2. The Morgan fingerprint density at radius 3 is 3.00 bits per heavy atom. The summed E-state index contributed by atoms with van der Waals surface area (Å²) in [7, 11) is 0. The maximum Gasteiger partial charge on any atom is 0.140 e. The molecule has 14 heavy (non-hydrogen) atoms. The van der Waals surface area contributed by atoms with Crippen LogP contribution >= 0.6 is 15.9 Å². The molecule has 0 fully saturated rings. The fraction of sp³-hybridized carbons (Fsp3) is 0.364. The van der Waals surface area contributed by atoms with Crippen molar-refractivity contribution in [2.75, 3.05) is 5.32 Å². The second-order valence-electron chi connectivity index (χ2n) is 3.41. The van der Waals surface area contributed by atoms with E-state index in [2.05, 4.69) is 45.8 Å². The molecule has 76 valence electrons. The first-order valence-corrected chi connectivity index (χ1v) is 5.42. The third-order valence-electron chi connectivity index (χ3n) is 1.88. The van der Waals surface area contributed by atoms with Gasteiger partial charge < -0.3 is 5.32 Å². The third kappa shape index (κ3) is 3.14. The molecule has 1 atom stereocenters. The minimum Gasteiger partial charge on any atom is -0.366 e. The standard InChI is InChI=1S/C11H15BrN2/c1-4-5-9(3)14-11-10(12)6-8(2)7-13-11/h4,6-7,9H,1,5H2,2-3H3,(H,13,14). The molecule has 0 saturated heterocycles. The van der Waals surface area contributed by atoms with Crippen molar-refractivity contribution in [2.45, 2.75) is 26.3 Å². The van der Waals surface area contributed by atoms with Crippen LogP contribution in [-0.4, -0.2) is 11.0 Å². The van der Waals surface area contributed by atoms with Gasteiger partial charge in [0.25, 0.3) is 0 Å². The number of nitrogens with one attached hydrogen (secondary N) is 1. The summed E-state index contributed by atoms with van der Waals surface area (Å²) >= 11 is 3.48. The lowest BCUT2D eigenvalue weighted by Gasteiger charge is -2.13. The molecule has 2 nitrogen and oxygen atoms in total. The molecule has 1 N–H and O–H groups in total. The molecule has 0 bridgehead atoms. The van der Waals surface area contributed by atoms with Crippen LogP contribution in [0.25, 0.3) is 0 Å². The monoisotopic (exact) mass is 254 g/mol. The normalized spacial score (nSPS) is 12.2. The lowest BCUT2D eigenvalue weighted by molar-refractivity contribution is 0.806. The smallest absolute Gasteiger partial charge is 0.140 e. The Kier molecular flexibility index (Phi) is 4.14. The maximum absolute atomic E-state index is 4.31. The van der Waals surface area contributed by atoms with Crippen LogP contribution in [0, 0.1) is 6.92 Å². The topological polar surface area (TPSA) is 24.9 Å². The van der Waals surface area contributed by atoms with E-state index < -0.39 is 0 Å². The number of anilines is 1. The molecule has 0 aliphatic heterocycles. The van der Waals surface area contributed by atoms with E-state index in [4.69, 9.17) is 0 Å². The summed E-state index contributed by atoms with van der Waals surface area (Å²) in [4.78, 5) is 4.31. The van der Waals surface area contributed by atoms with E-state index in [1.165, 1.54) is 0 Å². The van der Waals surface area contributed by atoms with Gasteiger partial charge in [-0.3, -0.25) is 0 Å². The average Bonchev–Trinajstić information content (AvgIpc) is 2.10. The van der Waals surface area contributed by atoms with Crippen molar-refractivity contribution >= 4 is 21.7 Å². The quantitative estimate of drug-likeness (QED) is 0.832. The van der Waals surface area contributed by atoms with E-state index in [1.54, 1.807) is 0 Å². The number of aromatic nitrogens is 1. The van der Waals surface area contributed by atoms with E-state index in [-0.39, 0.29) is 0 Å². The SMILES string of the molecule is C=CCC(C)Nc1ncc(C)cc1Br. The molecular weight excluding hydrogens is 240 g/mol. The number of nitrogens with zero attached hydrogens (tertiary/aromatic N) is 1. The van der Waals surface area contributed by atoms with Gasteiger partial charge in [-0.25, -0.2) is 4.98 Å². The lowest BCUT2D eigenvalue weighted by Crippen LogP contribution is -2.15. The number of hydrogen-bond donors (Lipinski definition) is 1. The summed E-state index contributed by atoms with van der Waals surface area (Å²) in [6, 6.07) is 2.41. The average molecular weight is 255 g/mol. The van der Waals surface area contributed by atoms with E-state index in [9.17, 15) is 0 Å². The largest absolute Gasteiger partial charge is 0.366 e. The van der Waals surface area contributed by atoms with Gasteiger partial charge in [0.1, 0.15) is 5.82 Å². The molecular formula is C11H15BrN2. The highest BCUT2D eigenvalue weighted by molar-refractivity contribution is 9.10. The Hall–Kier alpha value is -0.830. The van der Waals surface area contributed by atoms with Gasteiger partial charge in [-0.1, -0.05) is 6.08 Å². The number of pyridine rings is 1. The molecule has 0 aromatic carbocycles. The second-order valence-corrected chi connectivity index (χ2v) is 4.27. The second kappa shape index (κ2) is 5.15. The Balaban J connectivity index is 2.71. The van der Waals surface area contributed by atoms with Crippen LogP contribution in [-0.2, 0) is 0 Å². The van der Waals surface area contributed by atoms with Crippen LogP contribution in [0.3, 0.4) is 0 Å². The highest BCUT2D eigenvalue weighted by Crippen LogP contribution is 2.21. The van der Waals surface area contributed by atoms with E-state index in [1.807, 2.05) is 19.2 Å². The zero-order valence-corrected chi connectivity index (χ0v) is 10.1. The number of rotatable bonds is 4. The fourth-order valence-electron chi connectivity index (χ4n) is 1.18. The molecule has 1 unspecified atom stereocenters. The van der Waals surface area contributed by atoms with Crippen molar-refractivity contribution in [1.29, 1.82) is 0 Å². The molecule has 1 rings (SSSR count). The van der Waals surface area contributed by atoms with Crippen LogP contribution in [0.2, 0.25) is 0 Å². The molecule has 0 aliphatic carbocycles. The maximum atomic E-state index is 4.31. The van der Waals surface area contributed by atoms with Crippen LogP contribution in [0.5, 0.6) is 0 Å². The molecule has 0 saturated carbocycles. The predicted molar refractivity (Wildman–Crippen MR) is 64.6 cm³/mol. The molecule has 0 aliphatic rings. The summed E-state index contributed by atoms with van der Waals surface area (Å²) in [6.07, 6.45) is 4.69. The highest BCUT2D eigenvalue weighted by Gasteiger charge is 2.04. The first-order valence-electron chi connectivity index (χ1n) is 4.63. The summed E-state index contributed by atoms with van der Waals surface area (Å²) in [5.74, 6) is 0.893. The van der Waals surface area contributed by atoms with Gasteiger partial charge in [0.05, 0.1) is 4.47 Å². The van der Waals surface area contributed by atoms with Gasteiger partial charge in [0.15, 0.2) is 0 Å². The number of halogens is 1. The van der Waals surface area contributed by atoms with Gasteiger partial charge in [-0.05, 0) is 47.8 Å². The molecule has 0 radical (unpaired) electrons. The van der Waals surface area contributed by atoms with Gasteiger partial charge in [0.2, 0.25) is 0 Å². The molecule has 1 aromatic heterocycles. The van der Waals surface area contributed by atoms with Crippen LogP contribution in [0.4, 0.5) is 5.82 Å². The zero-order chi connectivity index (χ0) is 10.6. The summed E-state index contributed by atoms with van der Waals surface area (Å²) in [6.45, 7) is 7.84. The molecule has 3 heteroatoms. The highest BCUT2D eigenvalue weighted by atomic mass is 79.9. The summed E-state index contributed by atoms with van der Waals surface area (Å²) in [5, 5.41) is 3.31. The zero-order valence-electron chi connectivity index (χ0n) is 8.55. The Morgan fingerprint density at radius 2 is 2.43 bits per heavy atom.